The fourth-order valence-corrected chi connectivity index (χ4v) is 2.65. The molecule has 104 valence electrons. The van der Waals surface area contributed by atoms with Crippen molar-refractivity contribution in [3.05, 3.63) is 24.5 Å². The highest BCUT2D eigenvalue weighted by atomic mass is 31.2. The molecular formula is C10H13N2O6P. The van der Waals surface area contributed by atoms with Gasteiger partial charge in [-0.3, -0.25) is 19.1 Å². The van der Waals surface area contributed by atoms with Crippen molar-refractivity contribution in [2.24, 2.45) is 0 Å². The van der Waals surface area contributed by atoms with E-state index in [-0.39, 0.29) is 11.7 Å². The highest BCUT2D eigenvalue weighted by molar-refractivity contribution is 7.64. The minimum atomic E-state index is -4.10. The minimum Gasteiger partial charge on any atom is -0.481 e. The van der Waals surface area contributed by atoms with Gasteiger partial charge in [0.1, 0.15) is 6.04 Å². The van der Waals surface area contributed by atoms with Gasteiger partial charge in [-0.15, -0.1) is 0 Å². The lowest BCUT2D eigenvalue weighted by atomic mass is 10.2. The predicted octanol–water partition coefficient (Wildman–Crippen LogP) is -0.200. The van der Waals surface area contributed by atoms with E-state index < -0.39 is 31.9 Å². The lowest BCUT2D eigenvalue weighted by molar-refractivity contribution is -0.140. The SMILES string of the molecule is O=C(O)CCC(NP(=O)(O)c1cccnc1)C(=O)O. The van der Waals surface area contributed by atoms with Gasteiger partial charge in [-0.25, -0.2) is 5.09 Å². The van der Waals surface area contributed by atoms with Crippen LogP contribution in [-0.2, 0) is 14.2 Å². The van der Waals surface area contributed by atoms with Gasteiger partial charge in [-0.05, 0) is 18.6 Å². The number of nitrogens with zero attached hydrogens (tertiary/aromatic N) is 1. The standard InChI is InChI=1S/C10H13N2O6P/c13-9(14)4-3-8(10(15)16)12-19(17,18)7-2-1-5-11-6-7/h1-2,5-6,8H,3-4H2,(H,13,14)(H,15,16)(H2,12,17,18). The number of aromatic nitrogens is 1. The fraction of sp³-hybridized carbons (Fsp3) is 0.300. The van der Waals surface area contributed by atoms with Gasteiger partial charge in [0.15, 0.2) is 0 Å². The first-order valence-corrected chi connectivity index (χ1v) is 6.94. The second-order valence-corrected chi connectivity index (χ2v) is 5.67. The third-order valence-electron chi connectivity index (χ3n) is 2.27. The van der Waals surface area contributed by atoms with Crippen LogP contribution < -0.4 is 10.4 Å². The summed E-state index contributed by atoms with van der Waals surface area (Å²) < 4.78 is 12.0. The van der Waals surface area contributed by atoms with E-state index in [2.05, 4.69) is 10.1 Å². The Balaban J connectivity index is 2.81. The van der Waals surface area contributed by atoms with E-state index in [0.29, 0.717) is 0 Å². The van der Waals surface area contributed by atoms with Crippen molar-refractivity contribution in [3.63, 3.8) is 0 Å². The van der Waals surface area contributed by atoms with Crippen molar-refractivity contribution in [1.82, 2.24) is 10.1 Å². The van der Waals surface area contributed by atoms with E-state index >= 15 is 0 Å². The van der Waals surface area contributed by atoms with Gasteiger partial charge in [-0.1, -0.05) is 0 Å². The Bertz CT molecular complexity index is 506. The molecule has 0 aliphatic heterocycles. The van der Waals surface area contributed by atoms with Gasteiger partial charge in [-0.2, -0.15) is 0 Å². The molecule has 0 radical (unpaired) electrons. The van der Waals surface area contributed by atoms with Crippen molar-refractivity contribution >= 4 is 24.8 Å². The number of nitrogens with one attached hydrogen (secondary N) is 1. The predicted molar refractivity (Wildman–Crippen MR) is 65.1 cm³/mol. The molecular weight excluding hydrogens is 275 g/mol. The first kappa shape index (κ1) is 15.3. The van der Waals surface area contributed by atoms with Crippen LogP contribution in [0.15, 0.2) is 24.5 Å². The highest BCUT2D eigenvalue weighted by Gasteiger charge is 2.29. The number of pyridine rings is 1. The van der Waals surface area contributed by atoms with Crippen LogP contribution in [0, 0.1) is 0 Å². The molecule has 2 unspecified atom stereocenters. The normalized spacial score (nSPS) is 15.4. The number of rotatable bonds is 7. The minimum absolute atomic E-state index is 0.0448. The zero-order chi connectivity index (χ0) is 14.5. The number of carboxylic acid groups (broad SMARTS) is 2. The van der Waals surface area contributed by atoms with E-state index in [9.17, 15) is 19.0 Å². The summed E-state index contributed by atoms with van der Waals surface area (Å²) in [6.07, 6.45) is 1.83. The molecule has 1 aromatic rings. The molecule has 4 N–H and O–H groups in total. The van der Waals surface area contributed by atoms with Crippen LogP contribution in [0.4, 0.5) is 0 Å². The Morgan fingerprint density at radius 2 is 2.11 bits per heavy atom. The molecule has 0 saturated heterocycles. The molecule has 19 heavy (non-hydrogen) atoms. The van der Waals surface area contributed by atoms with Crippen LogP contribution >= 0.6 is 7.52 Å². The number of carboxylic acids is 2. The van der Waals surface area contributed by atoms with E-state index in [4.69, 9.17) is 10.2 Å². The molecule has 0 amide bonds. The van der Waals surface area contributed by atoms with Gasteiger partial charge < -0.3 is 15.1 Å². The summed E-state index contributed by atoms with van der Waals surface area (Å²) in [6.45, 7) is 0. The van der Waals surface area contributed by atoms with E-state index in [1.165, 1.54) is 18.3 Å². The van der Waals surface area contributed by atoms with Gasteiger partial charge in [0.25, 0.3) is 7.52 Å². The average Bonchev–Trinajstić information content (AvgIpc) is 2.35. The summed E-state index contributed by atoms with van der Waals surface area (Å²) >= 11 is 0. The smallest absolute Gasteiger partial charge is 0.321 e. The second kappa shape index (κ2) is 6.42. The summed E-state index contributed by atoms with van der Waals surface area (Å²) in [6, 6.07) is 1.34. The zero-order valence-corrected chi connectivity index (χ0v) is 10.7. The first-order chi connectivity index (χ1) is 8.83. The zero-order valence-electron chi connectivity index (χ0n) is 9.76. The van der Waals surface area contributed by atoms with Crippen LogP contribution in [0.25, 0.3) is 0 Å². The first-order valence-electron chi connectivity index (χ1n) is 5.28. The van der Waals surface area contributed by atoms with Crippen molar-refractivity contribution < 1.29 is 29.3 Å². The summed E-state index contributed by atoms with van der Waals surface area (Å²) in [7, 11) is -4.10. The molecule has 1 aromatic heterocycles. The highest BCUT2D eigenvalue weighted by Crippen LogP contribution is 2.34. The summed E-state index contributed by atoms with van der Waals surface area (Å²) in [5.74, 6) is -2.57. The number of carbonyl (C=O) groups is 2. The van der Waals surface area contributed by atoms with Crippen LogP contribution in [0.3, 0.4) is 0 Å². The van der Waals surface area contributed by atoms with Crippen LogP contribution in [0.1, 0.15) is 12.8 Å². The number of aliphatic carboxylic acids is 2. The second-order valence-electron chi connectivity index (χ2n) is 3.74. The molecule has 0 spiro atoms. The van der Waals surface area contributed by atoms with Gasteiger partial charge >= 0.3 is 11.9 Å². The van der Waals surface area contributed by atoms with E-state index in [1.54, 1.807) is 0 Å². The van der Waals surface area contributed by atoms with Gasteiger partial charge in [0, 0.05) is 18.8 Å². The van der Waals surface area contributed by atoms with Crippen molar-refractivity contribution in [3.8, 4) is 0 Å². The van der Waals surface area contributed by atoms with E-state index in [1.807, 2.05) is 0 Å². The third-order valence-corrected chi connectivity index (χ3v) is 3.90. The lowest BCUT2D eigenvalue weighted by Crippen LogP contribution is -2.37. The van der Waals surface area contributed by atoms with Crippen molar-refractivity contribution in [2.75, 3.05) is 0 Å². The van der Waals surface area contributed by atoms with Crippen LogP contribution in [-0.4, -0.2) is 38.1 Å². The Labute approximate surface area is 108 Å². The topological polar surface area (TPSA) is 137 Å². The summed E-state index contributed by atoms with van der Waals surface area (Å²) in [5.41, 5.74) is 0. The van der Waals surface area contributed by atoms with Gasteiger partial charge in [0.2, 0.25) is 0 Å². The maximum absolute atomic E-state index is 12.0. The molecule has 9 heteroatoms. The largest absolute Gasteiger partial charge is 0.481 e. The van der Waals surface area contributed by atoms with Crippen molar-refractivity contribution in [2.45, 2.75) is 18.9 Å². The van der Waals surface area contributed by atoms with Crippen LogP contribution in [0.5, 0.6) is 0 Å². The average molecular weight is 288 g/mol. The molecule has 2 atom stereocenters. The number of hydrogen-bond donors (Lipinski definition) is 4. The molecule has 0 aromatic carbocycles. The quantitative estimate of drug-likeness (QED) is 0.506. The van der Waals surface area contributed by atoms with E-state index in [0.717, 1.165) is 6.20 Å². The molecule has 8 nitrogen and oxygen atoms in total. The molecule has 1 rings (SSSR count). The monoisotopic (exact) mass is 288 g/mol. The Morgan fingerprint density at radius 1 is 1.42 bits per heavy atom. The van der Waals surface area contributed by atoms with Crippen LogP contribution in [0.2, 0.25) is 0 Å². The number of hydrogen-bond acceptors (Lipinski definition) is 4. The fourth-order valence-electron chi connectivity index (χ4n) is 1.33. The Morgan fingerprint density at radius 3 is 2.58 bits per heavy atom. The third kappa shape index (κ3) is 4.78. The maximum atomic E-state index is 12.0. The Kier molecular flexibility index (Phi) is 5.17. The maximum Gasteiger partial charge on any atom is 0.321 e. The summed E-state index contributed by atoms with van der Waals surface area (Å²) in [4.78, 5) is 34.7. The van der Waals surface area contributed by atoms with Crippen molar-refractivity contribution in [1.29, 1.82) is 0 Å². The molecule has 0 aliphatic rings. The van der Waals surface area contributed by atoms with Gasteiger partial charge in [0.05, 0.1) is 5.30 Å². The molecule has 0 fully saturated rings. The molecule has 0 saturated carbocycles. The molecule has 1 heterocycles. The molecule has 0 bridgehead atoms. The Hall–Kier alpha value is -1.76. The lowest BCUT2D eigenvalue weighted by Gasteiger charge is -2.18. The molecule has 0 aliphatic carbocycles. The summed E-state index contributed by atoms with van der Waals surface area (Å²) in [5, 5.41) is 19.4.